The number of amides is 1. The van der Waals surface area contributed by atoms with Crippen molar-refractivity contribution in [3.63, 3.8) is 0 Å². The summed E-state index contributed by atoms with van der Waals surface area (Å²) in [7, 11) is 3.71. The van der Waals surface area contributed by atoms with E-state index in [2.05, 4.69) is 5.32 Å². The molecule has 0 aromatic carbocycles. The van der Waals surface area contributed by atoms with Crippen molar-refractivity contribution in [1.82, 2.24) is 10.2 Å². The van der Waals surface area contributed by atoms with Crippen LogP contribution in [0.2, 0.25) is 0 Å². The fourth-order valence-electron chi connectivity index (χ4n) is 2.49. The Morgan fingerprint density at radius 2 is 2.00 bits per heavy atom. The van der Waals surface area contributed by atoms with E-state index in [0.717, 1.165) is 19.5 Å². The molecule has 0 radical (unpaired) electrons. The Hall–Kier alpha value is -0.570. The van der Waals surface area contributed by atoms with Crippen molar-refractivity contribution in [1.29, 1.82) is 0 Å². The van der Waals surface area contributed by atoms with Gasteiger partial charge in [0.1, 0.15) is 0 Å². The molecule has 1 atom stereocenters. The highest BCUT2D eigenvalue weighted by molar-refractivity contribution is 5.82. The van der Waals surface area contributed by atoms with Gasteiger partial charge >= 0.3 is 0 Å². The predicted molar refractivity (Wildman–Crippen MR) is 51.3 cm³/mol. The average Bonchev–Trinajstić information content (AvgIpc) is 2.79. The van der Waals surface area contributed by atoms with Crippen LogP contribution in [0.5, 0.6) is 0 Å². The number of rotatable bonds is 1. The first-order valence-corrected chi connectivity index (χ1v) is 5.08. The molecular formula is C10H18N2O. The monoisotopic (exact) mass is 182 g/mol. The Balaban J connectivity index is 1.96. The van der Waals surface area contributed by atoms with Gasteiger partial charge in [-0.3, -0.25) is 4.79 Å². The molecule has 0 aromatic rings. The predicted octanol–water partition coefficient (Wildman–Crippen LogP) is 0.464. The molecule has 74 valence electrons. The number of hydrogen-bond acceptors (Lipinski definition) is 2. The van der Waals surface area contributed by atoms with Gasteiger partial charge in [-0.15, -0.1) is 0 Å². The highest BCUT2D eigenvalue weighted by Gasteiger charge is 2.57. The van der Waals surface area contributed by atoms with Crippen LogP contribution in [0.4, 0.5) is 0 Å². The molecule has 1 aliphatic heterocycles. The van der Waals surface area contributed by atoms with Gasteiger partial charge in [-0.05, 0) is 37.8 Å². The van der Waals surface area contributed by atoms with Crippen LogP contribution in [0.3, 0.4) is 0 Å². The number of hydrogen-bond donors (Lipinski definition) is 1. The normalized spacial score (nSPS) is 30.2. The van der Waals surface area contributed by atoms with Crippen LogP contribution in [0.1, 0.15) is 19.3 Å². The molecular weight excluding hydrogens is 164 g/mol. The average molecular weight is 182 g/mol. The molecule has 1 amide bonds. The molecule has 2 aliphatic rings. The first-order valence-electron chi connectivity index (χ1n) is 5.08. The van der Waals surface area contributed by atoms with E-state index in [1.54, 1.807) is 4.90 Å². The standard InChI is InChI=1S/C10H18N2O/c1-12(2)9(13)8-7-10(8)3-5-11-6-4-10/h8,11H,3-7H2,1-2H3. The second kappa shape index (κ2) is 2.98. The van der Waals surface area contributed by atoms with Crippen LogP contribution in [0.15, 0.2) is 0 Å². The number of nitrogens with zero attached hydrogens (tertiary/aromatic N) is 1. The molecule has 1 spiro atoms. The molecule has 3 nitrogen and oxygen atoms in total. The van der Waals surface area contributed by atoms with Gasteiger partial charge in [-0.2, -0.15) is 0 Å². The SMILES string of the molecule is CN(C)C(=O)C1CC12CCNCC2. The van der Waals surface area contributed by atoms with E-state index in [1.807, 2.05) is 14.1 Å². The molecule has 13 heavy (non-hydrogen) atoms. The number of nitrogens with one attached hydrogen (secondary N) is 1. The maximum atomic E-state index is 11.7. The van der Waals surface area contributed by atoms with E-state index in [9.17, 15) is 4.79 Å². The molecule has 1 saturated carbocycles. The molecule has 1 saturated heterocycles. The Bertz CT molecular complexity index is 219. The van der Waals surface area contributed by atoms with Crippen molar-refractivity contribution in [2.75, 3.05) is 27.2 Å². The molecule has 1 unspecified atom stereocenters. The van der Waals surface area contributed by atoms with E-state index in [0.29, 0.717) is 17.2 Å². The van der Waals surface area contributed by atoms with Gasteiger partial charge in [0.2, 0.25) is 5.91 Å². The molecule has 1 N–H and O–H groups in total. The first-order chi connectivity index (χ1) is 6.16. The fraction of sp³-hybridized carbons (Fsp3) is 0.900. The number of carbonyl (C=O) groups excluding carboxylic acids is 1. The van der Waals surface area contributed by atoms with Crippen LogP contribution in [-0.4, -0.2) is 38.0 Å². The number of carbonyl (C=O) groups is 1. The lowest BCUT2D eigenvalue weighted by atomic mass is 9.91. The summed E-state index contributed by atoms with van der Waals surface area (Å²) >= 11 is 0. The molecule has 2 rings (SSSR count). The van der Waals surface area contributed by atoms with Crippen molar-refractivity contribution in [3.05, 3.63) is 0 Å². The summed E-state index contributed by atoms with van der Waals surface area (Å²) in [6.07, 6.45) is 3.51. The lowest BCUT2D eigenvalue weighted by molar-refractivity contribution is -0.131. The Labute approximate surface area is 79.5 Å². The summed E-state index contributed by atoms with van der Waals surface area (Å²) in [6, 6.07) is 0. The van der Waals surface area contributed by atoms with Crippen molar-refractivity contribution in [3.8, 4) is 0 Å². The Kier molecular flexibility index (Phi) is 2.06. The smallest absolute Gasteiger partial charge is 0.225 e. The minimum atomic E-state index is 0.335. The van der Waals surface area contributed by atoms with Gasteiger partial charge in [-0.1, -0.05) is 0 Å². The third-order valence-corrected chi connectivity index (χ3v) is 3.53. The summed E-state index contributed by atoms with van der Waals surface area (Å²) < 4.78 is 0. The van der Waals surface area contributed by atoms with Crippen molar-refractivity contribution >= 4 is 5.91 Å². The second-order valence-electron chi connectivity index (χ2n) is 4.60. The van der Waals surface area contributed by atoms with Gasteiger partial charge in [0.15, 0.2) is 0 Å². The van der Waals surface area contributed by atoms with E-state index in [1.165, 1.54) is 12.8 Å². The molecule has 0 bridgehead atoms. The topological polar surface area (TPSA) is 32.3 Å². The van der Waals surface area contributed by atoms with Crippen molar-refractivity contribution in [2.45, 2.75) is 19.3 Å². The molecule has 1 heterocycles. The summed E-state index contributed by atoms with van der Waals surface area (Å²) in [5.74, 6) is 0.673. The van der Waals surface area contributed by atoms with E-state index < -0.39 is 0 Å². The quantitative estimate of drug-likeness (QED) is 0.639. The first kappa shape index (κ1) is 9.00. The second-order valence-corrected chi connectivity index (χ2v) is 4.60. The van der Waals surface area contributed by atoms with Gasteiger partial charge < -0.3 is 10.2 Å². The van der Waals surface area contributed by atoms with E-state index in [4.69, 9.17) is 0 Å². The highest BCUT2D eigenvalue weighted by atomic mass is 16.2. The van der Waals surface area contributed by atoms with Crippen molar-refractivity contribution < 1.29 is 4.79 Å². The third kappa shape index (κ3) is 1.46. The Morgan fingerprint density at radius 3 is 2.54 bits per heavy atom. The molecule has 1 aliphatic carbocycles. The van der Waals surface area contributed by atoms with Crippen molar-refractivity contribution in [2.24, 2.45) is 11.3 Å². The lowest BCUT2D eigenvalue weighted by Gasteiger charge is -2.24. The summed E-state index contributed by atoms with van der Waals surface area (Å²) in [5.41, 5.74) is 0.395. The molecule has 2 fully saturated rings. The van der Waals surface area contributed by atoms with Crippen LogP contribution in [-0.2, 0) is 4.79 Å². The van der Waals surface area contributed by atoms with E-state index >= 15 is 0 Å². The zero-order valence-corrected chi connectivity index (χ0v) is 8.47. The third-order valence-electron chi connectivity index (χ3n) is 3.53. The van der Waals surface area contributed by atoms with E-state index in [-0.39, 0.29) is 0 Å². The summed E-state index contributed by atoms with van der Waals surface area (Å²) in [4.78, 5) is 13.4. The van der Waals surface area contributed by atoms with Gasteiger partial charge in [0, 0.05) is 20.0 Å². The number of piperidine rings is 1. The van der Waals surface area contributed by atoms with Gasteiger partial charge in [-0.25, -0.2) is 0 Å². The largest absolute Gasteiger partial charge is 0.349 e. The van der Waals surface area contributed by atoms with Crippen LogP contribution >= 0.6 is 0 Å². The maximum absolute atomic E-state index is 11.7. The summed E-state index contributed by atoms with van der Waals surface area (Å²) in [6.45, 7) is 2.19. The zero-order chi connectivity index (χ0) is 9.47. The lowest BCUT2D eigenvalue weighted by Crippen LogP contribution is -2.33. The maximum Gasteiger partial charge on any atom is 0.225 e. The minimum Gasteiger partial charge on any atom is -0.349 e. The molecule has 3 heteroatoms. The molecule has 0 aromatic heterocycles. The minimum absolute atomic E-state index is 0.335. The van der Waals surface area contributed by atoms with Gasteiger partial charge in [0.25, 0.3) is 0 Å². The van der Waals surface area contributed by atoms with Crippen LogP contribution in [0.25, 0.3) is 0 Å². The van der Waals surface area contributed by atoms with Crippen LogP contribution in [0, 0.1) is 11.3 Å². The van der Waals surface area contributed by atoms with Gasteiger partial charge in [0.05, 0.1) is 0 Å². The highest BCUT2D eigenvalue weighted by Crippen LogP contribution is 2.58. The van der Waals surface area contributed by atoms with Crippen LogP contribution < -0.4 is 5.32 Å². The Morgan fingerprint density at radius 1 is 1.38 bits per heavy atom. The summed E-state index contributed by atoms with van der Waals surface area (Å²) in [5, 5.41) is 3.34. The fourth-order valence-corrected chi connectivity index (χ4v) is 2.49. The zero-order valence-electron chi connectivity index (χ0n) is 8.47.